The van der Waals surface area contributed by atoms with Crippen LogP contribution in [0.15, 0.2) is 33.2 Å². The van der Waals surface area contributed by atoms with Crippen molar-refractivity contribution in [2.24, 2.45) is 4.99 Å². The van der Waals surface area contributed by atoms with Crippen LogP contribution in [-0.4, -0.2) is 5.29 Å². The van der Waals surface area contributed by atoms with E-state index in [4.69, 9.17) is 11.6 Å². The maximum absolute atomic E-state index is 5.75. The summed E-state index contributed by atoms with van der Waals surface area (Å²) >= 11 is 10.8. The van der Waals surface area contributed by atoms with Crippen LogP contribution >= 0.6 is 38.9 Å². The van der Waals surface area contributed by atoms with Gasteiger partial charge in [-0.1, -0.05) is 0 Å². The van der Waals surface area contributed by atoms with Crippen molar-refractivity contribution >= 4 is 44.2 Å². The summed E-state index contributed by atoms with van der Waals surface area (Å²) in [5.74, 6) is 0. The van der Waals surface area contributed by atoms with E-state index in [0.717, 1.165) is 3.79 Å². The van der Waals surface area contributed by atoms with Crippen LogP contribution in [0.25, 0.3) is 0 Å². The maximum Gasteiger partial charge on any atom is 0.196 e. The Balaban J connectivity index is 2.26. The lowest BCUT2D eigenvalue weighted by molar-refractivity contribution is 0.900. The summed E-state index contributed by atoms with van der Waals surface area (Å²) in [6, 6.07) is 4.12. The van der Waals surface area contributed by atoms with Crippen molar-refractivity contribution in [1.29, 1.82) is 0 Å². The van der Waals surface area contributed by atoms with Gasteiger partial charge < -0.3 is 5.32 Å². The van der Waals surface area contributed by atoms with Crippen molar-refractivity contribution < 1.29 is 0 Å². The van der Waals surface area contributed by atoms with Gasteiger partial charge in [-0.2, -0.15) is 0 Å². The van der Waals surface area contributed by atoms with Crippen molar-refractivity contribution in [3.05, 3.63) is 33.1 Å². The molecule has 1 unspecified atom stereocenters. The van der Waals surface area contributed by atoms with E-state index in [9.17, 15) is 0 Å². The molecule has 2 heterocycles. The summed E-state index contributed by atoms with van der Waals surface area (Å²) in [4.78, 5) is 5.42. The van der Waals surface area contributed by atoms with Gasteiger partial charge in [0.2, 0.25) is 0 Å². The van der Waals surface area contributed by atoms with Gasteiger partial charge in [0.1, 0.15) is 6.04 Å². The lowest BCUT2D eigenvalue weighted by Crippen LogP contribution is -2.15. The van der Waals surface area contributed by atoms with Gasteiger partial charge in [0, 0.05) is 11.1 Å². The first kappa shape index (κ1) is 9.24. The van der Waals surface area contributed by atoms with Gasteiger partial charge in [-0.25, -0.2) is 4.99 Å². The average Bonchev–Trinajstić information content (AvgIpc) is 2.52. The molecule has 1 aliphatic rings. The molecule has 0 spiro atoms. The third-order valence-corrected chi connectivity index (χ3v) is 3.52. The Morgan fingerprint density at radius 2 is 2.38 bits per heavy atom. The van der Waals surface area contributed by atoms with E-state index < -0.39 is 0 Å². The first-order valence-corrected chi connectivity index (χ1v) is 5.66. The lowest BCUT2D eigenvalue weighted by atomic mass is 10.2. The SMILES string of the molecule is ClC1=NC(c2ccc(Br)s2)C=CN1. The van der Waals surface area contributed by atoms with Gasteiger partial charge in [-0.15, -0.1) is 11.3 Å². The van der Waals surface area contributed by atoms with Crippen LogP contribution in [-0.2, 0) is 0 Å². The minimum absolute atomic E-state index is 0.0602. The largest absolute Gasteiger partial charge is 0.337 e. The van der Waals surface area contributed by atoms with Crippen LogP contribution in [0.3, 0.4) is 0 Å². The summed E-state index contributed by atoms with van der Waals surface area (Å²) in [7, 11) is 0. The Morgan fingerprint density at radius 1 is 1.54 bits per heavy atom. The zero-order valence-electron chi connectivity index (χ0n) is 6.50. The predicted molar refractivity (Wildman–Crippen MR) is 60.3 cm³/mol. The standard InChI is InChI=1S/C8H6BrClN2S/c9-7-2-1-6(13-7)5-3-4-11-8(10)12-5/h1-5H,(H,11,12). The molecule has 13 heavy (non-hydrogen) atoms. The maximum atomic E-state index is 5.75. The third-order valence-electron chi connectivity index (χ3n) is 1.62. The fourth-order valence-electron chi connectivity index (χ4n) is 1.06. The number of aliphatic imine (C=N–C) groups is 1. The van der Waals surface area contributed by atoms with E-state index in [0.29, 0.717) is 5.29 Å². The second-order valence-electron chi connectivity index (χ2n) is 2.51. The van der Waals surface area contributed by atoms with E-state index in [-0.39, 0.29) is 6.04 Å². The molecule has 0 saturated heterocycles. The fourth-order valence-corrected chi connectivity index (χ4v) is 2.67. The Labute approximate surface area is 93.5 Å². The molecule has 1 aromatic heterocycles. The highest BCUT2D eigenvalue weighted by Crippen LogP contribution is 2.31. The highest BCUT2D eigenvalue weighted by molar-refractivity contribution is 9.11. The van der Waals surface area contributed by atoms with E-state index in [1.807, 2.05) is 24.4 Å². The summed E-state index contributed by atoms with van der Waals surface area (Å²) in [6.07, 6.45) is 3.79. The summed E-state index contributed by atoms with van der Waals surface area (Å²) in [6.45, 7) is 0. The monoisotopic (exact) mass is 276 g/mol. The van der Waals surface area contributed by atoms with Crippen LogP contribution in [0.1, 0.15) is 10.9 Å². The second-order valence-corrected chi connectivity index (χ2v) is 5.36. The normalized spacial score (nSPS) is 21.1. The van der Waals surface area contributed by atoms with Gasteiger partial charge >= 0.3 is 0 Å². The van der Waals surface area contributed by atoms with Gasteiger partial charge in [0.25, 0.3) is 0 Å². The number of hydrogen-bond acceptors (Lipinski definition) is 3. The topological polar surface area (TPSA) is 24.4 Å². The number of amidine groups is 1. The summed E-state index contributed by atoms with van der Waals surface area (Å²) in [5, 5.41) is 3.26. The van der Waals surface area contributed by atoms with Crippen LogP contribution in [0.5, 0.6) is 0 Å². The average molecular weight is 278 g/mol. The van der Waals surface area contributed by atoms with Crippen molar-refractivity contribution in [3.8, 4) is 0 Å². The van der Waals surface area contributed by atoms with Gasteiger partial charge in [-0.05, 0) is 45.7 Å². The minimum Gasteiger partial charge on any atom is -0.337 e. The fraction of sp³-hybridized carbons (Fsp3) is 0.125. The zero-order chi connectivity index (χ0) is 9.26. The van der Waals surface area contributed by atoms with Crippen LogP contribution < -0.4 is 5.32 Å². The lowest BCUT2D eigenvalue weighted by Gasteiger charge is -2.10. The number of halogens is 2. The molecule has 0 fully saturated rings. The van der Waals surface area contributed by atoms with Crippen molar-refractivity contribution in [3.63, 3.8) is 0 Å². The molecule has 0 saturated carbocycles. The molecule has 2 nitrogen and oxygen atoms in total. The molecule has 2 rings (SSSR count). The van der Waals surface area contributed by atoms with Crippen LogP contribution in [0, 0.1) is 0 Å². The molecule has 1 N–H and O–H groups in total. The van der Waals surface area contributed by atoms with Crippen LogP contribution in [0.4, 0.5) is 0 Å². The zero-order valence-corrected chi connectivity index (χ0v) is 9.66. The van der Waals surface area contributed by atoms with Gasteiger partial charge in [-0.3, -0.25) is 0 Å². The third kappa shape index (κ3) is 2.13. The quantitative estimate of drug-likeness (QED) is 0.783. The number of rotatable bonds is 1. The molecule has 68 valence electrons. The molecule has 5 heteroatoms. The number of nitrogens with zero attached hydrogens (tertiary/aromatic N) is 1. The summed E-state index contributed by atoms with van der Waals surface area (Å²) in [5.41, 5.74) is 0. The first-order chi connectivity index (χ1) is 6.25. The second kappa shape index (κ2) is 3.82. The molecule has 1 aliphatic heterocycles. The first-order valence-electron chi connectivity index (χ1n) is 3.67. The highest BCUT2D eigenvalue weighted by atomic mass is 79.9. The molecule has 0 radical (unpaired) electrons. The molecule has 1 atom stereocenters. The van der Waals surface area contributed by atoms with Gasteiger partial charge in [0.15, 0.2) is 5.29 Å². The predicted octanol–water partition coefficient (Wildman–Crippen LogP) is 3.26. The van der Waals surface area contributed by atoms with E-state index in [1.165, 1.54) is 4.88 Å². The van der Waals surface area contributed by atoms with Crippen molar-refractivity contribution in [1.82, 2.24) is 5.32 Å². The van der Waals surface area contributed by atoms with E-state index in [1.54, 1.807) is 11.3 Å². The smallest absolute Gasteiger partial charge is 0.196 e. The Bertz CT molecular complexity index is 372. The number of hydrogen-bond donors (Lipinski definition) is 1. The number of thiophene rings is 1. The summed E-state index contributed by atoms with van der Waals surface area (Å²) < 4.78 is 1.11. The molecule has 0 aromatic carbocycles. The van der Waals surface area contributed by atoms with Crippen LogP contribution in [0.2, 0.25) is 0 Å². The minimum atomic E-state index is 0.0602. The Kier molecular flexibility index (Phi) is 2.71. The van der Waals surface area contributed by atoms with Crippen molar-refractivity contribution in [2.45, 2.75) is 6.04 Å². The highest BCUT2D eigenvalue weighted by Gasteiger charge is 2.12. The molecular weight excluding hydrogens is 272 g/mol. The molecule has 0 aliphatic carbocycles. The number of nitrogens with one attached hydrogen (secondary N) is 1. The van der Waals surface area contributed by atoms with E-state index in [2.05, 4.69) is 26.2 Å². The molecule has 1 aromatic rings. The Hall–Kier alpha value is -0.320. The molecule has 0 amide bonds. The molecule has 0 bridgehead atoms. The van der Waals surface area contributed by atoms with Gasteiger partial charge in [0.05, 0.1) is 3.79 Å². The molecular formula is C8H6BrClN2S. The van der Waals surface area contributed by atoms with E-state index >= 15 is 0 Å². The van der Waals surface area contributed by atoms with Crippen molar-refractivity contribution in [2.75, 3.05) is 0 Å². The Morgan fingerprint density at radius 3 is 3.00 bits per heavy atom.